The third-order valence-corrected chi connectivity index (χ3v) is 3.68. The van der Waals surface area contributed by atoms with Crippen molar-refractivity contribution in [3.05, 3.63) is 65.7 Å². The Labute approximate surface area is 177 Å². The number of carbonyl (C=O) groups is 1. The predicted octanol–water partition coefficient (Wildman–Crippen LogP) is 3.23. The van der Waals surface area contributed by atoms with Gasteiger partial charge in [0.15, 0.2) is 5.96 Å². The molecule has 0 saturated carbocycles. The number of aliphatic imine (C=N–C) groups is 1. The molecule has 2 aromatic rings. The molecular weight excluding hydrogens is 457 g/mol. The maximum atomic E-state index is 11.4. The number of rotatable bonds is 8. The van der Waals surface area contributed by atoms with Crippen LogP contribution in [0.15, 0.2) is 59.6 Å². The average Bonchev–Trinajstić information content (AvgIpc) is 2.70. The van der Waals surface area contributed by atoms with Gasteiger partial charge in [-0.15, -0.1) is 24.0 Å². The molecule has 0 atom stereocenters. The highest BCUT2D eigenvalue weighted by Gasteiger charge is 2.04. The quantitative estimate of drug-likeness (QED) is 0.198. The molecule has 0 aromatic heterocycles. The lowest BCUT2D eigenvalue weighted by atomic mass is 10.1. The zero-order valence-corrected chi connectivity index (χ0v) is 17.9. The molecule has 0 fully saturated rings. The number of halogens is 1. The van der Waals surface area contributed by atoms with Gasteiger partial charge in [-0.1, -0.05) is 30.3 Å². The largest absolute Gasteiger partial charge is 0.494 e. The van der Waals surface area contributed by atoms with E-state index in [1.807, 2.05) is 42.5 Å². The molecule has 0 radical (unpaired) electrons. The second kappa shape index (κ2) is 13.0. The van der Waals surface area contributed by atoms with Crippen molar-refractivity contribution in [1.82, 2.24) is 10.6 Å². The Morgan fingerprint density at radius 2 is 1.74 bits per heavy atom. The summed E-state index contributed by atoms with van der Waals surface area (Å²) in [6.45, 7) is 2.01. The molecule has 0 aliphatic carbocycles. The van der Waals surface area contributed by atoms with Gasteiger partial charge in [-0.2, -0.15) is 0 Å². The molecule has 0 aliphatic rings. The Kier molecular flexibility index (Phi) is 10.9. The lowest BCUT2D eigenvalue weighted by molar-refractivity contribution is 0.0600. The highest BCUT2D eigenvalue weighted by Crippen LogP contribution is 2.08. The van der Waals surface area contributed by atoms with Gasteiger partial charge in [-0.25, -0.2) is 4.79 Å². The first kappa shape index (κ1) is 22.8. The number of hydrogen-bond donors (Lipinski definition) is 2. The van der Waals surface area contributed by atoms with Gasteiger partial charge in [0.05, 0.1) is 19.3 Å². The van der Waals surface area contributed by atoms with Crippen molar-refractivity contribution in [1.29, 1.82) is 0 Å². The van der Waals surface area contributed by atoms with Crippen molar-refractivity contribution in [2.24, 2.45) is 4.99 Å². The standard InChI is InChI=1S/C20H25N3O3.HI/c1-21-20(22-13-6-14-26-18-7-4-3-5-8-18)23-15-16-9-11-17(12-10-16)19(24)25-2;/h3-5,7-12H,6,13-15H2,1-2H3,(H2,21,22,23);1H. The molecule has 0 bridgehead atoms. The first-order valence-corrected chi connectivity index (χ1v) is 8.52. The van der Waals surface area contributed by atoms with Crippen molar-refractivity contribution < 1.29 is 14.3 Å². The number of benzene rings is 2. The normalized spacial score (nSPS) is 10.5. The Morgan fingerprint density at radius 3 is 2.37 bits per heavy atom. The van der Waals surface area contributed by atoms with Gasteiger partial charge in [0.1, 0.15) is 5.75 Å². The van der Waals surface area contributed by atoms with E-state index < -0.39 is 0 Å². The van der Waals surface area contributed by atoms with E-state index in [4.69, 9.17) is 9.47 Å². The van der Waals surface area contributed by atoms with Crippen LogP contribution in [0, 0.1) is 0 Å². The minimum absolute atomic E-state index is 0. The molecular formula is C20H26IN3O3. The predicted molar refractivity (Wildman–Crippen MR) is 118 cm³/mol. The van der Waals surface area contributed by atoms with Crippen LogP contribution >= 0.6 is 24.0 Å². The molecule has 6 nitrogen and oxygen atoms in total. The number of esters is 1. The maximum absolute atomic E-state index is 11.4. The molecule has 2 rings (SSSR count). The zero-order chi connectivity index (χ0) is 18.6. The van der Waals surface area contributed by atoms with Gasteiger partial charge in [0.2, 0.25) is 0 Å². The fourth-order valence-corrected chi connectivity index (χ4v) is 2.27. The Bertz CT molecular complexity index is 706. The minimum Gasteiger partial charge on any atom is -0.494 e. The molecule has 27 heavy (non-hydrogen) atoms. The average molecular weight is 483 g/mol. The van der Waals surface area contributed by atoms with Crippen LogP contribution in [0.3, 0.4) is 0 Å². The van der Waals surface area contributed by atoms with Crippen LogP contribution in [0.5, 0.6) is 5.75 Å². The summed E-state index contributed by atoms with van der Waals surface area (Å²) in [6, 6.07) is 17.0. The van der Waals surface area contributed by atoms with Crippen molar-refractivity contribution in [2.75, 3.05) is 27.3 Å². The first-order chi connectivity index (χ1) is 12.7. The smallest absolute Gasteiger partial charge is 0.337 e. The van der Waals surface area contributed by atoms with Crippen LogP contribution in [-0.2, 0) is 11.3 Å². The van der Waals surface area contributed by atoms with Gasteiger partial charge >= 0.3 is 5.97 Å². The second-order valence-corrected chi connectivity index (χ2v) is 5.56. The molecule has 2 N–H and O–H groups in total. The van der Waals surface area contributed by atoms with Crippen LogP contribution in [0.2, 0.25) is 0 Å². The Balaban J connectivity index is 0.00000364. The van der Waals surface area contributed by atoms with Crippen molar-refractivity contribution in [3.8, 4) is 5.75 Å². The third kappa shape index (κ3) is 8.29. The van der Waals surface area contributed by atoms with Crippen LogP contribution in [0.1, 0.15) is 22.3 Å². The van der Waals surface area contributed by atoms with E-state index in [2.05, 4.69) is 15.6 Å². The third-order valence-electron chi connectivity index (χ3n) is 3.68. The first-order valence-electron chi connectivity index (χ1n) is 8.52. The summed E-state index contributed by atoms with van der Waals surface area (Å²) in [5, 5.41) is 6.49. The van der Waals surface area contributed by atoms with Crippen LogP contribution in [0.4, 0.5) is 0 Å². The van der Waals surface area contributed by atoms with Crippen molar-refractivity contribution >= 4 is 35.9 Å². The van der Waals surface area contributed by atoms with Gasteiger partial charge in [0, 0.05) is 20.1 Å². The summed E-state index contributed by atoms with van der Waals surface area (Å²) < 4.78 is 10.3. The number of guanidine groups is 1. The van der Waals surface area contributed by atoms with E-state index in [1.165, 1.54) is 7.11 Å². The SMILES string of the molecule is CN=C(NCCCOc1ccccc1)NCc1ccc(C(=O)OC)cc1.I. The van der Waals surface area contributed by atoms with Crippen molar-refractivity contribution in [3.63, 3.8) is 0 Å². The molecule has 146 valence electrons. The molecule has 0 heterocycles. The number of ether oxygens (including phenoxy) is 2. The summed E-state index contributed by atoms with van der Waals surface area (Å²) in [6.07, 6.45) is 0.865. The maximum Gasteiger partial charge on any atom is 0.337 e. The van der Waals surface area contributed by atoms with Crippen molar-refractivity contribution in [2.45, 2.75) is 13.0 Å². The van der Waals surface area contributed by atoms with Crippen LogP contribution in [-0.4, -0.2) is 39.2 Å². The monoisotopic (exact) mass is 483 g/mol. The Hall–Kier alpha value is -2.29. The fourth-order valence-electron chi connectivity index (χ4n) is 2.27. The molecule has 0 unspecified atom stereocenters. The number of para-hydroxylation sites is 1. The molecule has 0 amide bonds. The van der Waals surface area contributed by atoms with E-state index in [0.29, 0.717) is 18.7 Å². The Morgan fingerprint density at radius 1 is 1.04 bits per heavy atom. The summed E-state index contributed by atoms with van der Waals surface area (Å²) in [5.74, 6) is 1.27. The highest BCUT2D eigenvalue weighted by molar-refractivity contribution is 14.0. The lowest BCUT2D eigenvalue weighted by Gasteiger charge is -2.12. The van der Waals surface area contributed by atoms with Crippen LogP contribution < -0.4 is 15.4 Å². The molecule has 2 aromatic carbocycles. The molecule has 7 heteroatoms. The van der Waals surface area contributed by atoms with Crippen LogP contribution in [0.25, 0.3) is 0 Å². The van der Waals surface area contributed by atoms with E-state index in [-0.39, 0.29) is 29.9 Å². The van der Waals surface area contributed by atoms with Gasteiger partial charge in [-0.3, -0.25) is 4.99 Å². The highest BCUT2D eigenvalue weighted by atomic mass is 127. The summed E-state index contributed by atoms with van der Waals surface area (Å²) in [7, 11) is 3.11. The topological polar surface area (TPSA) is 72.0 Å². The van der Waals surface area contributed by atoms with E-state index in [0.717, 1.165) is 30.2 Å². The number of carbonyl (C=O) groups excluding carboxylic acids is 1. The summed E-state index contributed by atoms with van der Waals surface area (Å²) >= 11 is 0. The number of hydrogen-bond acceptors (Lipinski definition) is 4. The molecule has 0 spiro atoms. The zero-order valence-electron chi connectivity index (χ0n) is 15.6. The summed E-state index contributed by atoms with van der Waals surface area (Å²) in [5.41, 5.74) is 1.59. The number of methoxy groups -OCH3 is 1. The number of nitrogens with one attached hydrogen (secondary N) is 2. The van der Waals surface area contributed by atoms with E-state index in [1.54, 1.807) is 19.2 Å². The van der Waals surface area contributed by atoms with Gasteiger partial charge < -0.3 is 20.1 Å². The lowest BCUT2D eigenvalue weighted by Crippen LogP contribution is -2.37. The van der Waals surface area contributed by atoms with E-state index in [9.17, 15) is 4.79 Å². The second-order valence-electron chi connectivity index (χ2n) is 5.56. The van der Waals surface area contributed by atoms with Gasteiger partial charge in [-0.05, 0) is 36.2 Å². The fraction of sp³-hybridized carbons (Fsp3) is 0.300. The van der Waals surface area contributed by atoms with Gasteiger partial charge in [0.25, 0.3) is 0 Å². The molecule has 0 aliphatic heterocycles. The molecule has 0 saturated heterocycles. The van der Waals surface area contributed by atoms with E-state index >= 15 is 0 Å². The minimum atomic E-state index is -0.334. The summed E-state index contributed by atoms with van der Waals surface area (Å²) in [4.78, 5) is 15.6. The number of nitrogens with zero attached hydrogens (tertiary/aromatic N) is 1.